The van der Waals surface area contributed by atoms with E-state index in [0.29, 0.717) is 18.9 Å². The van der Waals surface area contributed by atoms with Crippen LogP contribution in [0.1, 0.15) is 25.3 Å². The fourth-order valence-electron chi connectivity index (χ4n) is 2.99. The van der Waals surface area contributed by atoms with Gasteiger partial charge < -0.3 is 20.1 Å². The molecular formula is C20H24N2O3. The molecule has 0 radical (unpaired) electrons. The number of nitrogens with two attached hydrogens (primary N) is 1. The lowest BCUT2D eigenvalue weighted by atomic mass is 10.00. The van der Waals surface area contributed by atoms with E-state index in [2.05, 4.69) is 6.92 Å². The summed E-state index contributed by atoms with van der Waals surface area (Å²) in [5, 5.41) is 0. The van der Waals surface area contributed by atoms with Crippen LogP contribution >= 0.6 is 0 Å². The zero-order chi connectivity index (χ0) is 17.6. The predicted octanol–water partition coefficient (Wildman–Crippen LogP) is 3.42. The molecule has 5 heteroatoms. The van der Waals surface area contributed by atoms with Gasteiger partial charge in [-0.15, -0.1) is 0 Å². The monoisotopic (exact) mass is 340 g/mol. The molecule has 132 valence electrons. The Morgan fingerprint density at radius 3 is 2.56 bits per heavy atom. The van der Waals surface area contributed by atoms with Crippen LogP contribution in [-0.4, -0.2) is 25.7 Å². The van der Waals surface area contributed by atoms with Crippen LogP contribution < -0.4 is 20.1 Å². The van der Waals surface area contributed by atoms with Gasteiger partial charge in [-0.3, -0.25) is 4.79 Å². The van der Waals surface area contributed by atoms with Crippen molar-refractivity contribution >= 4 is 17.3 Å². The number of nitrogen functional groups attached to an aromatic ring is 1. The minimum atomic E-state index is -0.0575. The van der Waals surface area contributed by atoms with Crippen LogP contribution in [0, 0.1) is 0 Å². The molecule has 0 saturated heterocycles. The molecular weight excluding hydrogens is 316 g/mol. The second kappa shape index (κ2) is 7.92. The topological polar surface area (TPSA) is 64.8 Å². The highest BCUT2D eigenvalue weighted by atomic mass is 16.5. The first-order valence-electron chi connectivity index (χ1n) is 8.72. The highest BCUT2D eigenvalue weighted by molar-refractivity contribution is 5.96. The summed E-state index contributed by atoms with van der Waals surface area (Å²) < 4.78 is 11.2. The summed E-state index contributed by atoms with van der Waals surface area (Å²) in [7, 11) is 0. The van der Waals surface area contributed by atoms with E-state index in [1.165, 1.54) is 0 Å². The summed E-state index contributed by atoms with van der Waals surface area (Å²) >= 11 is 0. The largest absolute Gasteiger partial charge is 0.494 e. The Morgan fingerprint density at radius 1 is 1.12 bits per heavy atom. The summed E-state index contributed by atoms with van der Waals surface area (Å²) in [6, 6.07) is 13.1. The highest BCUT2D eigenvalue weighted by Crippen LogP contribution is 2.31. The molecule has 0 bridgehead atoms. The van der Waals surface area contributed by atoms with Crippen LogP contribution in [0.3, 0.4) is 0 Å². The third-order valence-electron chi connectivity index (χ3n) is 4.25. The number of benzene rings is 2. The van der Waals surface area contributed by atoms with Crippen LogP contribution in [0.15, 0.2) is 42.5 Å². The van der Waals surface area contributed by atoms with Gasteiger partial charge in [-0.2, -0.15) is 0 Å². The van der Waals surface area contributed by atoms with E-state index in [0.717, 1.165) is 42.0 Å². The molecule has 0 saturated carbocycles. The normalized spacial score (nSPS) is 13.2. The zero-order valence-electron chi connectivity index (χ0n) is 14.5. The quantitative estimate of drug-likeness (QED) is 0.819. The van der Waals surface area contributed by atoms with Crippen LogP contribution in [0.5, 0.6) is 11.5 Å². The number of anilines is 2. The summed E-state index contributed by atoms with van der Waals surface area (Å²) in [5.41, 5.74) is 8.75. The molecule has 0 aliphatic carbocycles. The van der Waals surface area contributed by atoms with Gasteiger partial charge in [-0.25, -0.2) is 0 Å². The van der Waals surface area contributed by atoms with Crippen molar-refractivity contribution in [2.24, 2.45) is 0 Å². The number of ether oxygens (including phenoxy) is 2. The van der Waals surface area contributed by atoms with Crippen molar-refractivity contribution < 1.29 is 14.3 Å². The first kappa shape index (κ1) is 17.1. The number of fused-ring (bicyclic) bond motifs is 1. The molecule has 1 aliphatic rings. The van der Waals surface area contributed by atoms with Gasteiger partial charge in [0.15, 0.2) is 6.61 Å². The Morgan fingerprint density at radius 2 is 1.84 bits per heavy atom. The fraction of sp³-hybridized carbons (Fsp3) is 0.350. The Hall–Kier alpha value is -2.69. The second-order valence-corrected chi connectivity index (χ2v) is 6.10. The number of hydrogen-bond acceptors (Lipinski definition) is 4. The van der Waals surface area contributed by atoms with E-state index in [-0.39, 0.29) is 12.5 Å². The second-order valence-electron chi connectivity index (χ2n) is 6.10. The van der Waals surface area contributed by atoms with Crippen molar-refractivity contribution in [3.8, 4) is 11.5 Å². The molecule has 1 heterocycles. The maximum absolute atomic E-state index is 12.6. The highest BCUT2D eigenvalue weighted by Gasteiger charge is 2.23. The lowest BCUT2D eigenvalue weighted by Gasteiger charge is -2.30. The molecule has 2 N–H and O–H groups in total. The van der Waals surface area contributed by atoms with Crippen molar-refractivity contribution in [3.63, 3.8) is 0 Å². The van der Waals surface area contributed by atoms with E-state index >= 15 is 0 Å². The molecule has 2 aromatic rings. The number of hydrogen-bond donors (Lipinski definition) is 1. The molecule has 5 nitrogen and oxygen atoms in total. The van der Waals surface area contributed by atoms with Crippen LogP contribution in [0.4, 0.5) is 11.4 Å². The van der Waals surface area contributed by atoms with Crippen molar-refractivity contribution in [1.29, 1.82) is 0 Å². The number of nitrogens with zero attached hydrogens (tertiary/aromatic N) is 1. The van der Waals surface area contributed by atoms with Crippen LogP contribution in [-0.2, 0) is 11.2 Å². The van der Waals surface area contributed by atoms with Gasteiger partial charge in [-0.1, -0.05) is 13.0 Å². The van der Waals surface area contributed by atoms with Crippen molar-refractivity contribution in [2.75, 3.05) is 30.4 Å². The third-order valence-corrected chi connectivity index (χ3v) is 4.25. The molecule has 3 rings (SSSR count). The van der Waals surface area contributed by atoms with Gasteiger partial charge in [0.05, 0.1) is 6.61 Å². The standard InChI is InChI=1S/C20H24N2O3/c1-2-13-24-15-8-10-16(11-9-15)25-14-20(23)22-12-4-5-17-18(21)6-3-7-19(17)22/h3,6-11H,2,4-5,12-14,21H2,1H3. The van der Waals surface area contributed by atoms with E-state index < -0.39 is 0 Å². The molecule has 25 heavy (non-hydrogen) atoms. The maximum Gasteiger partial charge on any atom is 0.264 e. The number of carbonyl (C=O) groups is 1. The number of carbonyl (C=O) groups excluding carboxylic acids is 1. The SMILES string of the molecule is CCCOc1ccc(OCC(=O)N2CCCc3c(N)cccc32)cc1. The Kier molecular flexibility index (Phi) is 5.43. The van der Waals surface area contributed by atoms with Gasteiger partial charge in [0.1, 0.15) is 11.5 Å². The average molecular weight is 340 g/mol. The molecule has 1 amide bonds. The lowest BCUT2D eigenvalue weighted by Crippen LogP contribution is -2.38. The minimum Gasteiger partial charge on any atom is -0.494 e. The first-order valence-corrected chi connectivity index (χ1v) is 8.72. The van der Waals surface area contributed by atoms with Crippen LogP contribution in [0.25, 0.3) is 0 Å². The molecule has 0 aromatic heterocycles. The summed E-state index contributed by atoms with van der Waals surface area (Å²) in [4.78, 5) is 14.4. The van der Waals surface area contributed by atoms with E-state index in [9.17, 15) is 4.79 Å². The van der Waals surface area contributed by atoms with Crippen molar-refractivity contribution in [3.05, 3.63) is 48.0 Å². The summed E-state index contributed by atoms with van der Waals surface area (Å²) in [6.45, 7) is 3.46. The molecule has 0 atom stereocenters. The van der Waals surface area contributed by atoms with Gasteiger partial charge in [0.2, 0.25) is 0 Å². The maximum atomic E-state index is 12.6. The van der Waals surface area contributed by atoms with E-state index in [4.69, 9.17) is 15.2 Å². The van der Waals surface area contributed by atoms with Gasteiger partial charge in [0, 0.05) is 17.9 Å². The van der Waals surface area contributed by atoms with Crippen LogP contribution in [0.2, 0.25) is 0 Å². The first-order chi connectivity index (χ1) is 12.2. The van der Waals surface area contributed by atoms with Gasteiger partial charge >= 0.3 is 0 Å². The summed E-state index contributed by atoms with van der Waals surface area (Å²) in [6.07, 6.45) is 2.79. The van der Waals surface area contributed by atoms with E-state index in [1.807, 2.05) is 42.5 Å². The fourth-order valence-corrected chi connectivity index (χ4v) is 2.99. The van der Waals surface area contributed by atoms with Gasteiger partial charge in [0.25, 0.3) is 5.91 Å². The van der Waals surface area contributed by atoms with Gasteiger partial charge in [-0.05, 0) is 61.2 Å². The number of amides is 1. The molecule has 0 spiro atoms. The predicted molar refractivity (Wildman–Crippen MR) is 99.3 cm³/mol. The van der Waals surface area contributed by atoms with E-state index in [1.54, 1.807) is 4.90 Å². The molecule has 2 aromatic carbocycles. The zero-order valence-corrected chi connectivity index (χ0v) is 14.5. The Labute approximate surface area is 148 Å². The third kappa shape index (κ3) is 4.05. The molecule has 0 unspecified atom stereocenters. The Balaban J connectivity index is 1.61. The molecule has 0 fully saturated rings. The average Bonchev–Trinajstić information content (AvgIpc) is 2.65. The molecule has 1 aliphatic heterocycles. The summed E-state index contributed by atoms with van der Waals surface area (Å²) in [5.74, 6) is 1.40. The lowest BCUT2D eigenvalue weighted by molar-refractivity contribution is -0.120. The number of rotatable bonds is 6. The van der Waals surface area contributed by atoms with Crippen molar-refractivity contribution in [2.45, 2.75) is 26.2 Å². The van der Waals surface area contributed by atoms with Crippen molar-refractivity contribution in [1.82, 2.24) is 0 Å². The minimum absolute atomic E-state index is 0.00338. The smallest absolute Gasteiger partial charge is 0.264 e. The Bertz CT molecular complexity index is 728.